The monoisotopic (exact) mass is 257 g/mol. The van der Waals surface area contributed by atoms with Crippen molar-refractivity contribution >= 4 is 21.6 Å². The maximum atomic E-state index is 11.3. The minimum absolute atomic E-state index is 0.0887. The molecule has 0 atom stereocenters. The molecule has 0 aliphatic carbocycles. The van der Waals surface area contributed by atoms with Crippen molar-refractivity contribution < 1.29 is 13.2 Å². The molecule has 0 spiro atoms. The SMILES string of the molecule is CCCCOCCNS(=O)(=O)CCCCl. The minimum Gasteiger partial charge on any atom is -0.380 e. The van der Waals surface area contributed by atoms with Gasteiger partial charge in [0.25, 0.3) is 0 Å². The fraction of sp³-hybridized carbons (Fsp3) is 1.00. The van der Waals surface area contributed by atoms with Crippen LogP contribution in [0.2, 0.25) is 0 Å². The van der Waals surface area contributed by atoms with E-state index in [1.54, 1.807) is 0 Å². The van der Waals surface area contributed by atoms with Crippen LogP contribution in [0.4, 0.5) is 0 Å². The average molecular weight is 258 g/mol. The van der Waals surface area contributed by atoms with Crippen molar-refractivity contribution in [2.24, 2.45) is 0 Å². The second-order valence-corrected chi connectivity index (χ2v) is 5.53. The Hall–Kier alpha value is 0.160. The van der Waals surface area contributed by atoms with Gasteiger partial charge in [0.2, 0.25) is 10.0 Å². The van der Waals surface area contributed by atoms with Crippen molar-refractivity contribution in [3.63, 3.8) is 0 Å². The van der Waals surface area contributed by atoms with Gasteiger partial charge in [-0.1, -0.05) is 13.3 Å². The molecule has 0 aliphatic rings. The Morgan fingerprint density at radius 3 is 2.60 bits per heavy atom. The lowest BCUT2D eigenvalue weighted by molar-refractivity contribution is 0.136. The summed E-state index contributed by atoms with van der Waals surface area (Å²) >= 11 is 5.41. The molecule has 15 heavy (non-hydrogen) atoms. The Bertz CT molecular complexity index is 232. The number of unbranched alkanes of at least 4 members (excludes halogenated alkanes) is 1. The van der Waals surface area contributed by atoms with Crippen LogP contribution in [-0.4, -0.2) is 39.8 Å². The molecule has 0 rings (SSSR count). The van der Waals surface area contributed by atoms with Crippen LogP contribution in [0.3, 0.4) is 0 Å². The summed E-state index contributed by atoms with van der Waals surface area (Å²) in [5.41, 5.74) is 0. The fourth-order valence-corrected chi connectivity index (χ4v) is 2.29. The molecule has 0 bridgehead atoms. The summed E-state index contributed by atoms with van der Waals surface area (Å²) in [5.74, 6) is 0.458. The molecule has 1 N–H and O–H groups in total. The maximum Gasteiger partial charge on any atom is 0.211 e. The summed E-state index contributed by atoms with van der Waals surface area (Å²) in [6, 6.07) is 0. The molecule has 0 aromatic carbocycles. The zero-order valence-electron chi connectivity index (χ0n) is 9.17. The van der Waals surface area contributed by atoms with Gasteiger partial charge >= 0.3 is 0 Å². The first-order valence-corrected chi connectivity index (χ1v) is 7.42. The second-order valence-electron chi connectivity index (χ2n) is 3.22. The van der Waals surface area contributed by atoms with Crippen LogP contribution in [-0.2, 0) is 14.8 Å². The van der Waals surface area contributed by atoms with Crippen LogP contribution in [0, 0.1) is 0 Å². The van der Waals surface area contributed by atoms with Gasteiger partial charge in [-0.2, -0.15) is 0 Å². The highest BCUT2D eigenvalue weighted by molar-refractivity contribution is 7.89. The topological polar surface area (TPSA) is 55.4 Å². The molecule has 92 valence electrons. The highest BCUT2D eigenvalue weighted by atomic mass is 35.5. The van der Waals surface area contributed by atoms with E-state index in [1.165, 1.54) is 0 Å². The Kier molecular flexibility index (Phi) is 9.49. The number of hydrogen-bond donors (Lipinski definition) is 1. The molecule has 0 aromatic heterocycles. The van der Waals surface area contributed by atoms with Crippen molar-refractivity contribution in [3.05, 3.63) is 0 Å². The van der Waals surface area contributed by atoms with Crippen molar-refractivity contribution in [1.29, 1.82) is 0 Å². The predicted molar refractivity (Wildman–Crippen MR) is 62.9 cm³/mol. The highest BCUT2D eigenvalue weighted by Crippen LogP contribution is 1.92. The molecule has 6 heteroatoms. The molecule has 0 saturated heterocycles. The number of alkyl halides is 1. The van der Waals surface area contributed by atoms with Gasteiger partial charge in [-0.3, -0.25) is 0 Å². The van der Waals surface area contributed by atoms with E-state index in [2.05, 4.69) is 11.6 Å². The van der Waals surface area contributed by atoms with Gasteiger partial charge < -0.3 is 4.74 Å². The number of ether oxygens (including phenoxy) is 1. The molecule has 0 unspecified atom stereocenters. The number of rotatable bonds is 10. The van der Waals surface area contributed by atoms with Gasteiger partial charge in [0.1, 0.15) is 0 Å². The van der Waals surface area contributed by atoms with Crippen molar-refractivity contribution in [2.75, 3.05) is 31.4 Å². The average Bonchev–Trinajstić information content (AvgIpc) is 2.20. The molecule has 0 heterocycles. The number of sulfonamides is 1. The zero-order valence-corrected chi connectivity index (χ0v) is 10.7. The normalized spacial score (nSPS) is 11.9. The molecule has 0 amide bonds. The smallest absolute Gasteiger partial charge is 0.211 e. The Morgan fingerprint density at radius 1 is 1.27 bits per heavy atom. The minimum atomic E-state index is -3.15. The van der Waals surface area contributed by atoms with E-state index < -0.39 is 10.0 Å². The van der Waals surface area contributed by atoms with Crippen LogP contribution >= 0.6 is 11.6 Å². The summed E-state index contributed by atoms with van der Waals surface area (Å²) < 4.78 is 30.2. The molecular weight excluding hydrogens is 238 g/mol. The maximum absolute atomic E-state index is 11.3. The molecule has 0 saturated carbocycles. The van der Waals surface area contributed by atoms with E-state index in [0.29, 0.717) is 32.1 Å². The van der Waals surface area contributed by atoms with Crippen LogP contribution in [0.15, 0.2) is 0 Å². The summed E-state index contributed by atoms with van der Waals surface area (Å²) in [6.07, 6.45) is 2.58. The first kappa shape index (κ1) is 15.2. The lowest BCUT2D eigenvalue weighted by Gasteiger charge is -2.06. The van der Waals surface area contributed by atoms with E-state index in [1.807, 2.05) is 0 Å². The zero-order chi connectivity index (χ0) is 11.6. The van der Waals surface area contributed by atoms with E-state index in [0.717, 1.165) is 12.8 Å². The van der Waals surface area contributed by atoms with E-state index in [9.17, 15) is 8.42 Å². The lowest BCUT2D eigenvalue weighted by Crippen LogP contribution is -2.29. The lowest BCUT2D eigenvalue weighted by atomic mass is 10.4. The van der Waals surface area contributed by atoms with E-state index in [4.69, 9.17) is 16.3 Å². The number of nitrogens with one attached hydrogen (secondary N) is 1. The van der Waals surface area contributed by atoms with Crippen molar-refractivity contribution in [3.8, 4) is 0 Å². The molecule has 0 aromatic rings. The van der Waals surface area contributed by atoms with Gasteiger partial charge in [0.05, 0.1) is 12.4 Å². The molecule has 0 fully saturated rings. The standard InChI is InChI=1S/C9H20ClNO3S/c1-2-3-7-14-8-6-11-15(12,13)9-4-5-10/h11H,2-9H2,1H3. The number of hydrogen-bond acceptors (Lipinski definition) is 3. The van der Waals surface area contributed by atoms with Crippen LogP contribution < -0.4 is 4.72 Å². The summed E-state index contributed by atoms with van der Waals surface area (Å²) in [5, 5.41) is 0. The van der Waals surface area contributed by atoms with Gasteiger partial charge in [-0.05, 0) is 12.8 Å². The molecule has 0 radical (unpaired) electrons. The van der Waals surface area contributed by atoms with Crippen LogP contribution in [0.5, 0.6) is 0 Å². The van der Waals surface area contributed by atoms with Crippen LogP contribution in [0.25, 0.3) is 0 Å². The van der Waals surface area contributed by atoms with Gasteiger partial charge in [0, 0.05) is 19.0 Å². The predicted octanol–water partition coefficient (Wildman–Crippen LogP) is 1.35. The van der Waals surface area contributed by atoms with Crippen molar-refractivity contribution in [1.82, 2.24) is 4.72 Å². The van der Waals surface area contributed by atoms with Gasteiger partial charge in [0.15, 0.2) is 0 Å². The van der Waals surface area contributed by atoms with Gasteiger partial charge in [-0.15, -0.1) is 11.6 Å². The number of halogens is 1. The van der Waals surface area contributed by atoms with Crippen LogP contribution in [0.1, 0.15) is 26.2 Å². The van der Waals surface area contributed by atoms with E-state index >= 15 is 0 Å². The largest absolute Gasteiger partial charge is 0.380 e. The Morgan fingerprint density at radius 2 is 2.00 bits per heavy atom. The fourth-order valence-electron chi connectivity index (χ4n) is 0.935. The summed E-state index contributed by atoms with van der Waals surface area (Å²) in [6.45, 7) is 3.55. The molecular formula is C9H20ClNO3S. The summed E-state index contributed by atoms with van der Waals surface area (Å²) in [4.78, 5) is 0. The Balaban J connectivity index is 3.41. The first-order valence-electron chi connectivity index (χ1n) is 5.23. The second kappa shape index (κ2) is 9.39. The highest BCUT2D eigenvalue weighted by Gasteiger charge is 2.07. The summed E-state index contributed by atoms with van der Waals surface area (Å²) in [7, 11) is -3.15. The molecule has 0 aliphatic heterocycles. The van der Waals surface area contributed by atoms with Crippen molar-refractivity contribution in [2.45, 2.75) is 26.2 Å². The Labute approximate surface area is 97.4 Å². The third kappa shape index (κ3) is 10.4. The van der Waals surface area contributed by atoms with Gasteiger partial charge in [-0.25, -0.2) is 13.1 Å². The molecule has 4 nitrogen and oxygen atoms in total. The van der Waals surface area contributed by atoms with E-state index in [-0.39, 0.29) is 5.75 Å². The quantitative estimate of drug-likeness (QED) is 0.475. The third-order valence-corrected chi connectivity index (χ3v) is 3.49. The first-order chi connectivity index (χ1) is 7.12. The third-order valence-electron chi connectivity index (χ3n) is 1.76.